The predicted molar refractivity (Wildman–Crippen MR) is 181 cm³/mol. The van der Waals surface area contributed by atoms with Gasteiger partial charge in [0.25, 0.3) is 16.0 Å². The minimum Gasteiger partial charge on any atom is -0.351 e. The van der Waals surface area contributed by atoms with Crippen molar-refractivity contribution >= 4 is 49.2 Å². The molecule has 1 heterocycles. The lowest BCUT2D eigenvalue weighted by molar-refractivity contribution is -0.122. The van der Waals surface area contributed by atoms with Crippen molar-refractivity contribution in [1.29, 1.82) is 0 Å². The van der Waals surface area contributed by atoms with Crippen LogP contribution in [0, 0.1) is 23.2 Å². The molecule has 1 fully saturated rings. The molecule has 1 atom stereocenters. The number of nitrogens with one attached hydrogen (secondary N) is 2. The highest BCUT2D eigenvalue weighted by Crippen LogP contribution is 2.43. The number of benzene rings is 3. The molecule has 1 aliphatic rings. The van der Waals surface area contributed by atoms with Gasteiger partial charge in [0.1, 0.15) is 5.01 Å². The van der Waals surface area contributed by atoms with Crippen LogP contribution in [0.3, 0.4) is 0 Å². The topological polar surface area (TPSA) is 125 Å². The Kier molecular flexibility index (Phi) is 10.1. The average Bonchev–Trinajstić information content (AvgIpc) is 3.44. The Morgan fingerprint density at radius 3 is 2.24 bits per heavy atom. The number of hydrogen-bond donors (Lipinski definition) is 3. The zero-order valence-electron chi connectivity index (χ0n) is 26.0. The van der Waals surface area contributed by atoms with Crippen LogP contribution in [-0.2, 0) is 21.3 Å². The number of para-hydroxylation sites is 1. The number of amides is 2. The first-order chi connectivity index (χ1) is 21.4. The second-order valence-corrected chi connectivity index (χ2v) is 15.7. The monoisotopic (exact) mass is 647 g/mol. The number of carbonyl (C=O) groups is 2. The Balaban J connectivity index is 1.28. The van der Waals surface area contributed by atoms with E-state index in [1.807, 2.05) is 54.6 Å². The summed E-state index contributed by atoms with van der Waals surface area (Å²) in [5.74, 6) is -0.330. The SMILES string of the molecule is CC(C)(C)C1CCC(C(Cc2ccc(C(=O)NCCS(=O)(=O)O)cc2)C(=O)Nc2ccc(-c3nc4ccccc4s3)cc2)CC1. The van der Waals surface area contributed by atoms with Gasteiger partial charge in [-0.15, -0.1) is 11.3 Å². The molecule has 0 bridgehead atoms. The molecule has 1 aromatic heterocycles. The molecule has 45 heavy (non-hydrogen) atoms. The molecule has 5 rings (SSSR count). The molecular formula is C35H41N3O5S2. The summed E-state index contributed by atoms with van der Waals surface area (Å²) in [6.45, 7) is 6.70. The molecule has 238 valence electrons. The molecule has 0 saturated heterocycles. The Hall–Kier alpha value is -3.60. The number of carbonyl (C=O) groups excluding carboxylic acids is 2. The van der Waals surface area contributed by atoms with Gasteiger partial charge in [0.2, 0.25) is 5.91 Å². The van der Waals surface area contributed by atoms with E-state index in [1.165, 1.54) is 0 Å². The summed E-state index contributed by atoms with van der Waals surface area (Å²) >= 11 is 1.65. The van der Waals surface area contributed by atoms with E-state index in [0.717, 1.165) is 57.7 Å². The van der Waals surface area contributed by atoms with Crippen LogP contribution in [-0.4, -0.2) is 42.1 Å². The van der Waals surface area contributed by atoms with Gasteiger partial charge in [0, 0.05) is 29.3 Å². The molecule has 1 unspecified atom stereocenters. The molecule has 0 aliphatic heterocycles. The van der Waals surface area contributed by atoms with E-state index in [4.69, 9.17) is 9.54 Å². The van der Waals surface area contributed by atoms with Crippen molar-refractivity contribution in [2.45, 2.75) is 52.9 Å². The smallest absolute Gasteiger partial charge is 0.266 e. The van der Waals surface area contributed by atoms with E-state index >= 15 is 0 Å². The van der Waals surface area contributed by atoms with E-state index in [2.05, 4.69) is 37.5 Å². The van der Waals surface area contributed by atoms with Crippen LogP contribution < -0.4 is 10.6 Å². The average molecular weight is 648 g/mol. The predicted octanol–water partition coefficient (Wildman–Crippen LogP) is 7.23. The summed E-state index contributed by atoms with van der Waals surface area (Å²) < 4.78 is 31.9. The fourth-order valence-electron chi connectivity index (χ4n) is 6.23. The van der Waals surface area contributed by atoms with Crippen molar-refractivity contribution in [3.63, 3.8) is 0 Å². The standard InChI is InChI=1S/C35H41N3O5S2/c1-35(2,3)27-16-12-24(13-17-27)29(22-23-8-10-25(11-9-23)32(39)36-20-21-45(41,42)43)33(40)37-28-18-14-26(15-19-28)34-38-30-6-4-5-7-31(30)44-34/h4-11,14-15,18-19,24,27,29H,12-13,16-17,20-22H2,1-3H3,(H,36,39)(H,37,40)(H,41,42,43). The van der Waals surface area contributed by atoms with Crippen LogP contribution in [0.1, 0.15) is 62.4 Å². The summed E-state index contributed by atoms with van der Waals surface area (Å²) in [6, 6.07) is 23.0. The molecule has 1 saturated carbocycles. The van der Waals surface area contributed by atoms with Crippen molar-refractivity contribution in [1.82, 2.24) is 10.3 Å². The maximum absolute atomic E-state index is 13.9. The minimum atomic E-state index is -4.15. The summed E-state index contributed by atoms with van der Waals surface area (Å²) in [6.07, 6.45) is 4.72. The number of thiazole rings is 1. The van der Waals surface area contributed by atoms with E-state index in [0.29, 0.717) is 17.9 Å². The van der Waals surface area contributed by atoms with Gasteiger partial charge in [-0.05, 0) is 103 Å². The summed E-state index contributed by atoms with van der Waals surface area (Å²) in [4.78, 5) is 31.1. The number of rotatable bonds is 10. The molecule has 3 aromatic carbocycles. The van der Waals surface area contributed by atoms with Crippen LogP contribution in [0.25, 0.3) is 20.8 Å². The van der Waals surface area contributed by atoms with Crippen molar-refractivity contribution in [3.8, 4) is 10.6 Å². The van der Waals surface area contributed by atoms with Gasteiger partial charge in [-0.1, -0.05) is 45.0 Å². The molecule has 1 aliphatic carbocycles. The molecule has 4 aromatic rings. The molecule has 2 amide bonds. The highest BCUT2D eigenvalue weighted by molar-refractivity contribution is 7.85. The summed E-state index contributed by atoms with van der Waals surface area (Å²) in [5, 5.41) is 6.63. The third-order valence-electron chi connectivity index (χ3n) is 8.91. The van der Waals surface area contributed by atoms with E-state index in [9.17, 15) is 18.0 Å². The maximum Gasteiger partial charge on any atom is 0.266 e. The van der Waals surface area contributed by atoms with Crippen molar-refractivity contribution < 1.29 is 22.6 Å². The number of fused-ring (bicyclic) bond motifs is 1. The van der Waals surface area contributed by atoms with Crippen LogP contribution in [0.4, 0.5) is 5.69 Å². The summed E-state index contributed by atoms with van der Waals surface area (Å²) in [5.41, 5.74) is 4.31. The van der Waals surface area contributed by atoms with Crippen LogP contribution in [0.2, 0.25) is 0 Å². The molecule has 0 radical (unpaired) electrons. The number of nitrogens with zero attached hydrogens (tertiary/aromatic N) is 1. The van der Waals surface area contributed by atoms with Gasteiger partial charge in [-0.2, -0.15) is 8.42 Å². The summed E-state index contributed by atoms with van der Waals surface area (Å²) in [7, 11) is -4.15. The van der Waals surface area contributed by atoms with E-state index < -0.39 is 21.8 Å². The van der Waals surface area contributed by atoms with Crippen molar-refractivity contribution in [3.05, 3.63) is 83.9 Å². The molecule has 3 N–H and O–H groups in total. The third-order valence-corrected chi connectivity index (χ3v) is 10.7. The lowest BCUT2D eigenvalue weighted by atomic mass is 9.66. The zero-order valence-corrected chi connectivity index (χ0v) is 27.6. The highest BCUT2D eigenvalue weighted by Gasteiger charge is 2.35. The number of anilines is 1. The van der Waals surface area contributed by atoms with Gasteiger partial charge in [-0.3, -0.25) is 14.1 Å². The fourth-order valence-corrected chi connectivity index (χ4v) is 7.56. The van der Waals surface area contributed by atoms with Gasteiger partial charge in [-0.25, -0.2) is 4.98 Å². The largest absolute Gasteiger partial charge is 0.351 e. The van der Waals surface area contributed by atoms with Crippen LogP contribution >= 0.6 is 11.3 Å². The van der Waals surface area contributed by atoms with Gasteiger partial charge in [0.05, 0.1) is 16.0 Å². The lowest BCUT2D eigenvalue weighted by Gasteiger charge is -2.39. The van der Waals surface area contributed by atoms with Gasteiger partial charge in [0.15, 0.2) is 0 Å². The number of hydrogen-bond acceptors (Lipinski definition) is 6. The van der Waals surface area contributed by atoms with E-state index in [-0.39, 0.29) is 29.7 Å². The minimum absolute atomic E-state index is 0.00558. The normalized spacial score (nSPS) is 18.0. The van der Waals surface area contributed by atoms with Gasteiger partial charge >= 0.3 is 0 Å². The van der Waals surface area contributed by atoms with E-state index in [1.54, 1.807) is 23.5 Å². The van der Waals surface area contributed by atoms with Crippen LogP contribution in [0.5, 0.6) is 0 Å². The maximum atomic E-state index is 13.9. The number of aromatic nitrogens is 1. The highest BCUT2D eigenvalue weighted by atomic mass is 32.2. The Labute approximate surface area is 269 Å². The molecular weight excluding hydrogens is 607 g/mol. The Bertz CT molecular complexity index is 1700. The van der Waals surface area contributed by atoms with Crippen molar-refractivity contribution in [2.24, 2.45) is 23.2 Å². The van der Waals surface area contributed by atoms with Crippen LogP contribution in [0.15, 0.2) is 72.8 Å². The fraction of sp³-hybridized carbons (Fsp3) is 0.400. The molecule has 0 spiro atoms. The Morgan fingerprint density at radius 1 is 0.956 bits per heavy atom. The lowest BCUT2D eigenvalue weighted by Crippen LogP contribution is -2.35. The molecule has 8 nitrogen and oxygen atoms in total. The second kappa shape index (κ2) is 13.8. The van der Waals surface area contributed by atoms with Crippen molar-refractivity contribution in [2.75, 3.05) is 17.6 Å². The quantitative estimate of drug-likeness (QED) is 0.156. The first kappa shape index (κ1) is 32.8. The Morgan fingerprint density at radius 2 is 1.62 bits per heavy atom. The first-order valence-corrected chi connectivity index (χ1v) is 17.9. The zero-order chi connectivity index (χ0) is 32.2. The first-order valence-electron chi connectivity index (χ1n) is 15.4. The van der Waals surface area contributed by atoms with Gasteiger partial charge < -0.3 is 10.6 Å². The molecule has 10 heteroatoms. The third kappa shape index (κ3) is 8.77. The second-order valence-electron chi connectivity index (χ2n) is 13.1.